The second kappa shape index (κ2) is 4.00. The molecule has 2 nitrogen and oxygen atoms in total. The number of pyridine rings is 1. The minimum Gasteiger partial charge on any atom is -0.481 e. The van der Waals surface area contributed by atoms with Gasteiger partial charge in [0.2, 0.25) is 5.88 Å². The molecule has 72 valence electrons. The van der Waals surface area contributed by atoms with Gasteiger partial charge in [-0.15, -0.1) is 0 Å². The Morgan fingerprint density at radius 2 is 2.15 bits per heavy atom. The van der Waals surface area contributed by atoms with Crippen LogP contribution in [0.1, 0.15) is 17.7 Å². The first-order chi connectivity index (χ1) is 6.06. The third-order valence-corrected chi connectivity index (χ3v) is 2.42. The molecule has 0 N–H and O–H groups in total. The number of nitrogens with zero attached hydrogens (tertiary/aromatic N) is 1. The van der Waals surface area contributed by atoms with E-state index in [9.17, 15) is 8.78 Å². The highest BCUT2D eigenvalue weighted by molar-refractivity contribution is 9.10. The van der Waals surface area contributed by atoms with E-state index in [-0.39, 0.29) is 11.6 Å². The third-order valence-electron chi connectivity index (χ3n) is 1.60. The van der Waals surface area contributed by atoms with Crippen LogP contribution in [0.5, 0.6) is 5.88 Å². The van der Waals surface area contributed by atoms with Gasteiger partial charge in [-0.05, 0) is 13.0 Å². The minimum atomic E-state index is -2.58. The maximum atomic E-state index is 12.3. The molecule has 1 aromatic rings. The summed E-state index contributed by atoms with van der Waals surface area (Å²) in [7, 11) is 1.40. The molecule has 0 spiro atoms. The van der Waals surface area contributed by atoms with Gasteiger partial charge in [-0.2, -0.15) is 0 Å². The first kappa shape index (κ1) is 10.4. The molecule has 0 bridgehead atoms. The van der Waals surface area contributed by atoms with Crippen molar-refractivity contribution in [1.82, 2.24) is 4.98 Å². The molecule has 0 saturated heterocycles. The van der Waals surface area contributed by atoms with Crippen LogP contribution in [-0.4, -0.2) is 12.1 Å². The number of ether oxygens (including phenoxy) is 1. The summed E-state index contributed by atoms with van der Waals surface area (Å²) in [5.41, 5.74) is 0.432. The van der Waals surface area contributed by atoms with Gasteiger partial charge in [0.05, 0.1) is 7.11 Å². The Morgan fingerprint density at radius 3 is 2.62 bits per heavy atom. The molecule has 0 fully saturated rings. The molecule has 0 aliphatic carbocycles. The molecule has 0 aromatic carbocycles. The number of alkyl halides is 2. The predicted octanol–water partition coefficient (Wildman–Crippen LogP) is 3.10. The number of hydrogen-bond donors (Lipinski definition) is 0. The van der Waals surface area contributed by atoms with Gasteiger partial charge in [-0.1, -0.05) is 15.9 Å². The summed E-state index contributed by atoms with van der Waals surface area (Å²) in [5.74, 6) is 0.227. The number of aromatic nitrogens is 1. The van der Waals surface area contributed by atoms with Gasteiger partial charge >= 0.3 is 0 Å². The minimum absolute atomic E-state index is 0.227. The average molecular weight is 252 g/mol. The summed E-state index contributed by atoms with van der Waals surface area (Å²) in [5, 5.41) is 0. The fraction of sp³-hybridized carbons (Fsp3) is 0.375. The highest BCUT2D eigenvalue weighted by Crippen LogP contribution is 2.28. The molecule has 1 aromatic heterocycles. The molecule has 0 amide bonds. The van der Waals surface area contributed by atoms with Crippen molar-refractivity contribution in [1.29, 1.82) is 0 Å². The lowest BCUT2D eigenvalue weighted by atomic mass is 10.2. The van der Waals surface area contributed by atoms with Gasteiger partial charge in [-0.25, -0.2) is 13.8 Å². The van der Waals surface area contributed by atoms with Crippen molar-refractivity contribution in [2.45, 2.75) is 13.3 Å². The summed E-state index contributed by atoms with van der Waals surface area (Å²) in [4.78, 5) is 3.65. The van der Waals surface area contributed by atoms with Gasteiger partial charge in [0.25, 0.3) is 6.43 Å². The van der Waals surface area contributed by atoms with Gasteiger partial charge in [-0.3, -0.25) is 0 Å². The van der Waals surface area contributed by atoms with E-state index in [0.29, 0.717) is 10.0 Å². The molecule has 0 unspecified atom stereocenters. The van der Waals surface area contributed by atoms with Gasteiger partial charge in [0.1, 0.15) is 5.69 Å². The van der Waals surface area contributed by atoms with Crippen molar-refractivity contribution in [2.75, 3.05) is 7.11 Å². The van der Waals surface area contributed by atoms with E-state index in [2.05, 4.69) is 20.9 Å². The molecule has 0 radical (unpaired) electrons. The SMILES string of the molecule is COc1nc(C(F)F)cc(Br)c1C. The van der Waals surface area contributed by atoms with Crippen molar-refractivity contribution in [2.24, 2.45) is 0 Å². The Balaban J connectivity index is 3.22. The molecule has 5 heteroatoms. The van der Waals surface area contributed by atoms with E-state index in [1.165, 1.54) is 13.2 Å². The van der Waals surface area contributed by atoms with Crippen molar-refractivity contribution in [3.05, 3.63) is 21.8 Å². The van der Waals surface area contributed by atoms with Crippen LogP contribution in [0.3, 0.4) is 0 Å². The first-order valence-electron chi connectivity index (χ1n) is 3.55. The molecule has 0 atom stereocenters. The molecule has 0 saturated carbocycles. The normalized spacial score (nSPS) is 10.6. The lowest BCUT2D eigenvalue weighted by molar-refractivity contribution is 0.145. The Kier molecular flexibility index (Phi) is 3.19. The smallest absolute Gasteiger partial charge is 0.280 e. The number of methoxy groups -OCH3 is 1. The fourth-order valence-corrected chi connectivity index (χ4v) is 1.29. The van der Waals surface area contributed by atoms with Crippen LogP contribution in [0.2, 0.25) is 0 Å². The zero-order chi connectivity index (χ0) is 10.0. The monoisotopic (exact) mass is 251 g/mol. The quantitative estimate of drug-likeness (QED) is 0.806. The van der Waals surface area contributed by atoms with Crippen LogP contribution in [-0.2, 0) is 0 Å². The second-order valence-electron chi connectivity index (χ2n) is 2.46. The topological polar surface area (TPSA) is 22.1 Å². The number of halogens is 3. The van der Waals surface area contributed by atoms with Crippen LogP contribution >= 0.6 is 15.9 Å². The van der Waals surface area contributed by atoms with Crippen LogP contribution < -0.4 is 4.74 Å². The summed E-state index contributed by atoms with van der Waals surface area (Å²) in [6.07, 6.45) is -2.58. The molecule has 1 heterocycles. The summed E-state index contributed by atoms with van der Waals surface area (Å²) in [6, 6.07) is 1.29. The molecule has 0 aliphatic rings. The maximum absolute atomic E-state index is 12.3. The van der Waals surface area contributed by atoms with Crippen LogP contribution in [0.25, 0.3) is 0 Å². The van der Waals surface area contributed by atoms with E-state index < -0.39 is 6.43 Å². The van der Waals surface area contributed by atoms with Crippen LogP contribution in [0.15, 0.2) is 10.5 Å². The Bertz CT molecular complexity index is 317. The predicted molar refractivity (Wildman–Crippen MR) is 48.2 cm³/mol. The summed E-state index contributed by atoms with van der Waals surface area (Å²) >= 11 is 3.15. The van der Waals surface area contributed by atoms with Crippen molar-refractivity contribution in [3.8, 4) is 5.88 Å². The van der Waals surface area contributed by atoms with E-state index in [4.69, 9.17) is 4.74 Å². The molecule has 13 heavy (non-hydrogen) atoms. The zero-order valence-corrected chi connectivity index (χ0v) is 8.73. The van der Waals surface area contributed by atoms with Gasteiger partial charge in [0.15, 0.2) is 0 Å². The summed E-state index contributed by atoms with van der Waals surface area (Å²) < 4.78 is 29.9. The highest BCUT2D eigenvalue weighted by atomic mass is 79.9. The lowest BCUT2D eigenvalue weighted by Gasteiger charge is -2.07. The van der Waals surface area contributed by atoms with Gasteiger partial charge in [0, 0.05) is 10.0 Å². The van der Waals surface area contributed by atoms with Crippen LogP contribution in [0.4, 0.5) is 8.78 Å². The average Bonchev–Trinajstić information content (AvgIpc) is 2.09. The van der Waals surface area contributed by atoms with Crippen LogP contribution in [0, 0.1) is 6.92 Å². The number of rotatable bonds is 2. The molecular formula is C8H8BrF2NO. The standard InChI is InChI=1S/C8H8BrF2NO/c1-4-5(9)3-6(7(10)11)12-8(4)13-2/h3,7H,1-2H3. The second-order valence-corrected chi connectivity index (χ2v) is 3.32. The number of hydrogen-bond acceptors (Lipinski definition) is 2. The van der Waals surface area contributed by atoms with Gasteiger partial charge < -0.3 is 4.74 Å². The zero-order valence-electron chi connectivity index (χ0n) is 7.14. The maximum Gasteiger partial charge on any atom is 0.280 e. The van der Waals surface area contributed by atoms with E-state index in [1.54, 1.807) is 6.92 Å². The third kappa shape index (κ3) is 2.15. The van der Waals surface area contributed by atoms with Crippen molar-refractivity contribution < 1.29 is 13.5 Å². The highest BCUT2D eigenvalue weighted by Gasteiger charge is 2.14. The Morgan fingerprint density at radius 1 is 1.54 bits per heavy atom. The Hall–Kier alpha value is -0.710. The van der Waals surface area contributed by atoms with Crippen molar-refractivity contribution in [3.63, 3.8) is 0 Å². The van der Waals surface area contributed by atoms with E-state index >= 15 is 0 Å². The molecule has 0 aliphatic heterocycles. The molecule has 1 rings (SSSR count). The lowest BCUT2D eigenvalue weighted by Crippen LogP contribution is -1.97. The molecular weight excluding hydrogens is 244 g/mol. The van der Waals surface area contributed by atoms with Crippen molar-refractivity contribution >= 4 is 15.9 Å². The largest absolute Gasteiger partial charge is 0.481 e. The Labute approximate surface area is 83.1 Å². The van der Waals surface area contributed by atoms with E-state index in [0.717, 1.165) is 0 Å². The fourth-order valence-electron chi connectivity index (χ4n) is 0.884. The first-order valence-corrected chi connectivity index (χ1v) is 4.34. The van der Waals surface area contributed by atoms with E-state index in [1.807, 2.05) is 0 Å². The summed E-state index contributed by atoms with van der Waals surface area (Å²) in [6.45, 7) is 1.74.